The molecule has 1 unspecified atom stereocenters. The van der Waals surface area contributed by atoms with E-state index < -0.39 is 0 Å². The van der Waals surface area contributed by atoms with E-state index >= 15 is 0 Å². The maximum atomic E-state index is 5.57. The van der Waals surface area contributed by atoms with Crippen molar-refractivity contribution in [2.24, 2.45) is 5.92 Å². The van der Waals surface area contributed by atoms with Crippen molar-refractivity contribution in [1.29, 1.82) is 0 Å². The summed E-state index contributed by atoms with van der Waals surface area (Å²) < 4.78 is 6.74. The molecule has 0 saturated heterocycles. The quantitative estimate of drug-likeness (QED) is 0.443. The summed E-state index contributed by atoms with van der Waals surface area (Å²) in [4.78, 5) is 0.400. The minimum absolute atomic E-state index is 0.400. The predicted octanol–water partition coefficient (Wildman–Crippen LogP) is 6.17. The predicted molar refractivity (Wildman–Crippen MR) is 88.3 cm³/mol. The minimum atomic E-state index is 0.400. The second-order valence-electron chi connectivity index (χ2n) is 5.50. The zero-order valence-electron chi connectivity index (χ0n) is 11.7. The number of halogens is 2. The Balaban J connectivity index is 2.26. The van der Waals surface area contributed by atoms with Crippen LogP contribution in [0.1, 0.15) is 54.5 Å². The molecule has 2 rings (SSSR count). The van der Waals surface area contributed by atoms with Crippen molar-refractivity contribution >= 4 is 31.9 Å². The first kappa shape index (κ1) is 15.4. The van der Waals surface area contributed by atoms with Gasteiger partial charge in [0.25, 0.3) is 0 Å². The van der Waals surface area contributed by atoms with Gasteiger partial charge >= 0.3 is 0 Å². The van der Waals surface area contributed by atoms with Crippen LogP contribution < -0.4 is 4.74 Å². The maximum Gasteiger partial charge on any atom is 0.123 e. The average molecular weight is 390 g/mol. The Morgan fingerprint density at radius 2 is 1.79 bits per heavy atom. The van der Waals surface area contributed by atoms with Gasteiger partial charge in [0.1, 0.15) is 5.75 Å². The van der Waals surface area contributed by atoms with E-state index in [1.165, 1.54) is 54.1 Å². The van der Waals surface area contributed by atoms with E-state index in [0.29, 0.717) is 4.83 Å². The first-order valence-corrected chi connectivity index (χ1v) is 8.82. The fourth-order valence-corrected chi connectivity index (χ4v) is 4.17. The van der Waals surface area contributed by atoms with Crippen molar-refractivity contribution < 1.29 is 4.74 Å². The number of alkyl halides is 1. The van der Waals surface area contributed by atoms with E-state index in [4.69, 9.17) is 4.74 Å². The summed E-state index contributed by atoms with van der Waals surface area (Å²) in [5.41, 5.74) is 2.51. The van der Waals surface area contributed by atoms with Crippen LogP contribution in [-0.4, -0.2) is 7.11 Å². The minimum Gasteiger partial charge on any atom is -0.496 e. The third-order valence-electron chi connectivity index (χ3n) is 4.12. The number of rotatable bonds is 3. The highest BCUT2D eigenvalue weighted by Gasteiger charge is 2.25. The Bertz CT molecular complexity index is 423. The first-order valence-electron chi connectivity index (χ1n) is 7.11. The van der Waals surface area contributed by atoms with Crippen molar-refractivity contribution in [1.82, 2.24) is 0 Å². The molecule has 1 aromatic carbocycles. The molecule has 1 nitrogen and oxygen atoms in total. The van der Waals surface area contributed by atoms with Gasteiger partial charge in [-0.3, -0.25) is 0 Å². The Hall–Kier alpha value is -0.0200. The van der Waals surface area contributed by atoms with E-state index in [1.54, 1.807) is 7.11 Å². The highest BCUT2D eigenvalue weighted by atomic mass is 79.9. The molecular formula is C16H22Br2O. The molecule has 0 spiro atoms. The summed E-state index contributed by atoms with van der Waals surface area (Å²) in [6.45, 7) is 2.10. The fourth-order valence-electron chi connectivity index (χ4n) is 2.92. The van der Waals surface area contributed by atoms with Crippen LogP contribution in [0.2, 0.25) is 0 Å². The number of benzene rings is 1. The Morgan fingerprint density at radius 3 is 2.37 bits per heavy atom. The number of hydrogen-bond donors (Lipinski definition) is 0. The number of aryl methyl sites for hydroxylation is 1. The molecule has 0 aromatic heterocycles. The molecular weight excluding hydrogens is 368 g/mol. The summed E-state index contributed by atoms with van der Waals surface area (Å²) in [5.74, 6) is 1.73. The SMILES string of the molecule is COc1cc(C)c(Br)cc1C(Br)C1CCCCCC1. The molecule has 0 heterocycles. The van der Waals surface area contributed by atoms with Crippen LogP contribution in [0.4, 0.5) is 0 Å². The van der Waals surface area contributed by atoms with Crippen molar-refractivity contribution in [3.8, 4) is 5.75 Å². The monoisotopic (exact) mass is 388 g/mol. The molecule has 0 aliphatic heterocycles. The summed E-state index contributed by atoms with van der Waals surface area (Å²) >= 11 is 7.57. The second kappa shape index (κ2) is 7.12. The van der Waals surface area contributed by atoms with Crippen molar-refractivity contribution in [3.05, 3.63) is 27.7 Å². The first-order chi connectivity index (χ1) is 9.13. The standard InChI is InChI=1S/C16H22Br2O/c1-11-9-15(19-2)13(10-14(11)17)16(18)12-7-5-3-4-6-8-12/h9-10,12,16H,3-8H2,1-2H3. The van der Waals surface area contributed by atoms with Gasteiger partial charge in [-0.2, -0.15) is 0 Å². The molecule has 0 amide bonds. The number of methoxy groups -OCH3 is 1. The molecule has 1 fully saturated rings. The molecule has 1 aromatic rings. The fraction of sp³-hybridized carbons (Fsp3) is 0.625. The van der Waals surface area contributed by atoms with Gasteiger partial charge in [-0.05, 0) is 43.4 Å². The van der Waals surface area contributed by atoms with E-state index in [2.05, 4.69) is 50.9 Å². The smallest absolute Gasteiger partial charge is 0.123 e. The maximum absolute atomic E-state index is 5.57. The third-order valence-corrected chi connectivity index (χ3v) is 6.22. The number of ether oxygens (including phenoxy) is 1. The largest absolute Gasteiger partial charge is 0.496 e. The molecule has 0 N–H and O–H groups in total. The number of hydrogen-bond acceptors (Lipinski definition) is 1. The van der Waals surface area contributed by atoms with Gasteiger partial charge in [0, 0.05) is 14.9 Å². The molecule has 106 valence electrons. The van der Waals surface area contributed by atoms with Gasteiger partial charge in [0.05, 0.1) is 7.11 Å². The molecule has 1 aliphatic rings. The zero-order valence-corrected chi connectivity index (χ0v) is 14.9. The summed E-state index contributed by atoms with van der Waals surface area (Å²) in [6.07, 6.45) is 8.16. The molecule has 1 saturated carbocycles. The normalized spacial score (nSPS) is 18.9. The lowest BCUT2D eigenvalue weighted by molar-refractivity contribution is 0.395. The Kier molecular flexibility index (Phi) is 5.76. The van der Waals surface area contributed by atoms with Gasteiger partial charge in [-0.25, -0.2) is 0 Å². The van der Waals surface area contributed by atoms with Crippen molar-refractivity contribution in [3.63, 3.8) is 0 Å². The lowest BCUT2D eigenvalue weighted by Gasteiger charge is -2.23. The molecule has 3 heteroatoms. The van der Waals surface area contributed by atoms with Crippen LogP contribution in [0.3, 0.4) is 0 Å². The highest BCUT2D eigenvalue weighted by molar-refractivity contribution is 9.10. The zero-order chi connectivity index (χ0) is 13.8. The van der Waals surface area contributed by atoms with Gasteiger partial charge < -0.3 is 4.74 Å². The Labute approximate surface area is 133 Å². The van der Waals surface area contributed by atoms with Gasteiger partial charge in [0.15, 0.2) is 0 Å². The van der Waals surface area contributed by atoms with Crippen LogP contribution in [0.25, 0.3) is 0 Å². The average Bonchev–Trinajstić information content (AvgIpc) is 2.69. The van der Waals surface area contributed by atoms with Crippen LogP contribution >= 0.6 is 31.9 Å². The molecule has 0 bridgehead atoms. The summed E-state index contributed by atoms with van der Waals surface area (Å²) in [5, 5.41) is 0. The topological polar surface area (TPSA) is 9.23 Å². The van der Waals surface area contributed by atoms with Crippen molar-refractivity contribution in [2.75, 3.05) is 7.11 Å². The van der Waals surface area contributed by atoms with Crippen molar-refractivity contribution in [2.45, 2.75) is 50.3 Å². The van der Waals surface area contributed by atoms with E-state index in [-0.39, 0.29) is 0 Å². The molecule has 1 atom stereocenters. The highest BCUT2D eigenvalue weighted by Crippen LogP contribution is 2.44. The third kappa shape index (κ3) is 3.75. The van der Waals surface area contributed by atoms with Crippen LogP contribution in [0.5, 0.6) is 5.75 Å². The molecule has 19 heavy (non-hydrogen) atoms. The Morgan fingerprint density at radius 1 is 1.16 bits per heavy atom. The summed E-state index contributed by atoms with van der Waals surface area (Å²) in [7, 11) is 1.76. The lowest BCUT2D eigenvalue weighted by atomic mass is 9.91. The van der Waals surface area contributed by atoms with E-state index in [0.717, 1.165) is 11.7 Å². The van der Waals surface area contributed by atoms with E-state index in [9.17, 15) is 0 Å². The van der Waals surface area contributed by atoms with E-state index in [1.807, 2.05) is 0 Å². The van der Waals surface area contributed by atoms with Crippen LogP contribution in [-0.2, 0) is 0 Å². The van der Waals surface area contributed by atoms with Gasteiger partial charge in [0.2, 0.25) is 0 Å². The van der Waals surface area contributed by atoms with Crippen LogP contribution in [0, 0.1) is 12.8 Å². The van der Waals surface area contributed by atoms with Gasteiger partial charge in [-0.1, -0.05) is 57.5 Å². The molecule has 0 radical (unpaired) electrons. The lowest BCUT2D eigenvalue weighted by Crippen LogP contribution is -2.08. The summed E-state index contributed by atoms with van der Waals surface area (Å²) in [6, 6.07) is 4.35. The molecule has 1 aliphatic carbocycles. The van der Waals surface area contributed by atoms with Crippen LogP contribution in [0.15, 0.2) is 16.6 Å². The van der Waals surface area contributed by atoms with Gasteiger partial charge in [-0.15, -0.1) is 0 Å². The second-order valence-corrected chi connectivity index (χ2v) is 7.34.